The second kappa shape index (κ2) is 7.87. The van der Waals surface area contributed by atoms with Gasteiger partial charge in [-0.3, -0.25) is 14.5 Å². The van der Waals surface area contributed by atoms with E-state index in [1.54, 1.807) is 18.2 Å². The fraction of sp³-hybridized carbons (Fsp3) is 0.391. The van der Waals surface area contributed by atoms with E-state index in [4.69, 9.17) is 4.74 Å². The quantitative estimate of drug-likeness (QED) is 0.767. The number of nitrogens with one attached hydrogen (secondary N) is 2. The number of hydrogen-bond donors (Lipinski definition) is 2. The van der Waals surface area contributed by atoms with Crippen molar-refractivity contribution in [3.63, 3.8) is 0 Å². The molecular formula is C23H27N3O3. The summed E-state index contributed by atoms with van der Waals surface area (Å²) >= 11 is 0. The maximum atomic E-state index is 12.9. The first kappa shape index (κ1) is 19.5. The molecule has 2 heterocycles. The Bertz CT molecular complexity index is 929. The zero-order chi connectivity index (χ0) is 20.4. The van der Waals surface area contributed by atoms with Gasteiger partial charge in [-0.05, 0) is 50.1 Å². The minimum atomic E-state index is -0.591. The number of fused-ring (bicyclic) bond motifs is 2. The van der Waals surface area contributed by atoms with Crippen molar-refractivity contribution < 1.29 is 14.3 Å². The summed E-state index contributed by atoms with van der Waals surface area (Å²) in [5.74, 6) is 0.401. The third-order valence-electron chi connectivity index (χ3n) is 5.78. The molecule has 2 aliphatic rings. The largest absolute Gasteiger partial charge is 0.494 e. The van der Waals surface area contributed by atoms with Gasteiger partial charge in [-0.25, -0.2) is 0 Å². The highest BCUT2D eigenvalue weighted by Gasteiger charge is 2.48. The van der Waals surface area contributed by atoms with E-state index in [-0.39, 0.29) is 17.7 Å². The van der Waals surface area contributed by atoms with Gasteiger partial charge in [0.1, 0.15) is 5.75 Å². The zero-order valence-electron chi connectivity index (χ0n) is 16.9. The lowest BCUT2D eigenvalue weighted by Gasteiger charge is -2.33. The molecule has 0 aliphatic carbocycles. The minimum Gasteiger partial charge on any atom is -0.494 e. The predicted octanol–water partition coefficient (Wildman–Crippen LogP) is 2.84. The molecule has 0 bridgehead atoms. The molecule has 2 N–H and O–H groups in total. The molecule has 0 spiro atoms. The Kier molecular flexibility index (Phi) is 5.28. The Balaban J connectivity index is 1.38. The van der Waals surface area contributed by atoms with Crippen LogP contribution in [0.2, 0.25) is 0 Å². The highest BCUT2D eigenvalue weighted by atomic mass is 16.5. The summed E-state index contributed by atoms with van der Waals surface area (Å²) in [5, 5.41) is 6.08. The number of carbonyl (C=O) groups excluding carboxylic acids is 2. The lowest BCUT2D eigenvalue weighted by molar-refractivity contribution is -0.121. The lowest BCUT2D eigenvalue weighted by atomic mass is 9.86. The highest BCUT2D eigenvalue weighted by Crippen LogP contribution is 2.32. The SMILES string of the molecule is Cc1cccc(OCCCN2C[C@H]3C(=O)Nc4ccccc4C(=O)N[C@@]3(C)C2)c1. The molecule has 0 aromatic heterocycles. The average Bonchev–Trinajstić information content (AvgIpc) is 3.01. The molecule has 6 heteroatoms. The van der Waals surface area contributed by atoms with Crippen molar-refractivity contribution in [2.75, 3.05) is 31.6 Å². The molecule has 2 atom stereocenters. The summed E-state index contributed by atoms with van der Waals surface area (Å²) in [4.78, 5) is 27.9. The number of likely N-dealkylation sites (tertiary alicyclic amines) is 1. The number of hydrogen-bond acceptors (Lipinski definition) is 4. The molecular weight excluding hydrogens is 366 g/mol. The van der Waals surface area contributed by atoms with Gasteiger partial charge in [0.05, 0.1) is 29.3 Å². The normalized spacial score (nSPS) is 24.0. The maximum absolute atomic E-state index is 12.9. The Morgan fingerprint density at radius 3 is 2.83 bits per heavy atom. The van der Waals surface area contributed by atoms with Gasteiger partial charge in [-0.1, -0.05) is 24.3 Å². The van der Waals surface area contributed by atoms with Crippen LogP contribution in [0.3, 0.4) is 0 Å². The van der Waals surface area contributed by atoms with Gasteiger partial charge >= 0.3 is 0 Å². The average molecular weight is 393 g/mol. The van der Waals surface area contributed by atoms with Gasteiger partial charge in [0.25, 0.3) is 5.91 Å². The molecule has 2 amide bonds. The van der Waals surface area contributed by atoms with E-state index < -0.39 is 5.54 Å². The number of amides is 2. The Morgan fingerprint density at radius 2 is 2.00 bits per heavy atom. The molecule has 2 aliphatic heterocycles. The number of para-hydroxylation sites is 1. The number of aryl methyl sites for hydroxylation is 1. The first-order valence-corrected chi connectivity index (χ1v) is 10.1. The van der Waals surface area contributed by atoms with Crippen LogP contribution in [0.5, 0.6) is 5.75 Å². The Morgan fingerprint density at radius 1 is 1.17 bits per heavy atom. The van der Waals surface area contributed by atoms with Crippen molar-refractivity contribution >= 4 is 17.5 Å². The minimum absolute atomic E-state index is 0.0431. The molecule has 4 rings (SSSR count). The van der Waals surface area contributed by atoms with E-state index in [0.717, 1.165) is 18.7 Å². The van der Waals surface area contributed by atoms with Gasteiger partial charge in [-0.2, -0.15) is 0 Å². The number of benzene rings is 2. The molecule has 1 fully saturated rings. The summed E-state index contributed by atoms with van der Waals surface area (Å²) in [6, 6.07) is 15.2. The zero-order valence-corrected chi connectivity index (χ0v) is 16.9. The summed E-state index contributed by atoms with van der Waals surface area (Å²) in [5.41, 5.74) is 1.66. The van der Waals surface area contributed by atoms with Crippen molar-refractivity contribution in [2.45, 2.75) is 25.8 Å². The maximum Gasteiger partial charge on any atom is 0.253 e. The third-order valence-corrected chi connectivity index (χ3v) is 5.78. The van der Waals surface area contributed by atoms with Crippen LogP contribution in [0.4, 0.5) is 5.69 Å². The fourth-order valence-corrected chi connectivity index (χ4v) is 4.29. The molecule has 0 unspecified atom stereocenters. The molecule has 152 valence electrons. The van der Waals surface area contributed by atoms with Gasteiger partial charge in [0.15, 0.2) is 0 Å². The second-order valence-electron chi connectivity index (χ2n) is 8.21. The van der Waals surface area contributed by atoms with E-state index in [2.05, 4.69) is 15.5 Å². The first-order valence-electron chi connectivity index (χ1n) is 10.1. The smallest absolute Gasteiger partial charge is 0.253 e. The van der Waals surface area contributed by atoms with Crippen LogP contribution in [0.25, 0.3) is 0 Å². The van der Waals surface area contributed by atoms with E-state index >= 15 is 0 Å². The third kappa shape index (κ3) is 4.12. The molecule has 0 saturated carbocycles. The van der Waals surface area contributed by atoms with E-state index in [1.165, 1.54) is 5.56 Å². The first-order chi connectivity index (χ1) is 13.9. The van der Waals surface area contributed by atoms with E-state index in [1.807, 2.05) is 44.2 Å². The summed E-state index contributed by atoms with van der Waals surface area (Å²) in [6.45, 7) is 6.70. The van der Waals surface area contributed by atoms with Crippen LogP contribution < -0.4 is 15.4 Å². The van der Waals surface area contributed by atoms with Gasteiger partial charge in [0, 0.05) is 19.6 Å². The van der Waals surface area contributed by atoms with Crippen molar-refractivity contribution in [3.8, 4) is 5.75 Å². The molecule has 1 saturated heterocycles. The van der Waals surface area contributed by atoms with Crippen molar-refractivity contribution in [2.24, 2.45) is 5.92 Å². The van der Waals surface area contributed by atoms with Crippen LogP contribution in [-0.2, 0) is 4.79 Å². The van der Waals surface area contributed by atoms with Crippen molar-refractivity contribution in [1.29, 1.82) is 0 Å². The molecule has 0 radical (unpaired) electrons. The van der Waals surface area contributed by atoms with Crippen LogP contribution in [0.15, 0.2) is 48.5 Å². The highest BCUT2D eigenvalue weighted by molar-refractivity contribution is 6.06. The molecule has 2 aromatic rings. The molecule has 6 nitrogen and oxygen atoms in total. The number of anilines is 1. The van der Waals surface area contributed by atoms with Crippen LogP contribution in [0, 0.1) is 12.8 Å². The van der Waals surface area contributed by atoms with Crippen LogP contribution in [0.1, 0.15) is 29.3 Å². The lowest BCUT2D eigenvalue weighted by Crippen LogP contribution is -2.56. The number of carbonyl (C=O) groups is 2. The Hall–Kier alpha value is -2.86. The number of nitrogens with zero attached hydrogens (tertiary/aromatic N) is 1. The number of rotatable bonds is 5. The molecule has 29 heavy (non-hydrogen) atoms. The van der Waals surface area contributed by atoms with E-state index in [0.29, 0.717) is 30.9 Å². The molecule has 2 aromatic carbocycles. The fourth-order valence-electron chi connectivity index (χ4n) is 4.29. The number of ether oxygens (including phenoxy) is 1. The Labute approximate surface area is 171 Å². The summed E-state index contributed by atoms with van der Waals surface area (Å²) < 4.78 is 5.84. The van der Waals surface area contributed by atoms with Crippen molar-refractivity contribution in [1.82, 2.24) is 10.2 Å². The van der Waals surface area contributed by atoms with Gasteiger partial charge in [0.2, 0.25) is 5.91 Å². The summed E-state index contributed by atoms with van der Waals surface area (Å²) in [7, 11) is 0. The van der Waals surface area contributed by atoms with Gasteiger partial charge in [-0.15, -0.1) is 0 Å². The van der Waals surface area contributed by atoms with Crippen molar-refractivity contribution in [3.05, 3.63) is 59.7 Å². The summed E-state index contributed by atoms with van der Waals surface area (Å²) in [6.07, 6.45) is 0.854. The van der Waals surface area contributed by atoms with Crippen LogP contribution in [-0.4, -0.2) is 48.5 Å². The topological polar surface area (TPSA) is 70.7 Å². The van der Waals surface area contributed by atoms with E-state index in [9.17, 15) is 9.59 Å². The van der Waals surface area contributed by atoms with Crippen LogP contribution >= 0.6 is 0 Å². The predicted molar refractivity (Wildman–Crippen MR) is 112 cm³/mol. The van der Waals surface area contributed by atoms with Gasteiger partial charge < -0.3 is 15.4 Å². The standard InChI is InChI=1S/C23H27N3O3/c1-16-7-5-8-17(13-16)29-12-6-11-26-14-19-22(28)24-20-10-4-3-9-18(20)21(27)25-23(19,2)15-26/h3-5,7-10,13,19H,6,11-12,14-15H2,1-2H3,(H,24,28)(H,25,27)/t19-,23-/m0/s1. The monoisotopic (exact) mass is 393 g/mol. The second-order valence-corrected chi connectivity index (χ2v) is 8.21.